The first kappa shape index (κ1) is 51.4. The van der Waals surface area contributed by atoms with Crippen molar-refractivity contribution in [2.24, 2.45) is 5.73 Å². The SMILES string of the molecule is Cc1ncsc1-c1ccc(CNC=O)c(OCCOCCOCCOCCOCCN(C)C(=O)CCNc2nc(N3CCN(C(N)=O)CC3)c3cc(Cl)c(-c4cc(O)cc5ccccc45)c(F)c3n2)c1. The van der Waals surface area contributed by atoms with Crippen molar-refractivity contribution in [2.45, 2.75) is 19.9 Å². The minimum atomic E-state index is -0.696. The molecule has 0 atom stereocenters. The third-order valence-electron chi connectivity index (χ3n) is 11.5. The summed E-state index contributed by atoms with van der Waals surface area (Å²) in [5.41, 5.74) is 10.6. The Hall–Kier alpha value is -6.42. The summed E-state index contributed by atoms with van der Waals surface area (Å²) in [4.78, 5) is 55.5. The van der Waals surface area contributed by atoms with E-state index in [0.29, 0.717) is 138 Å². The van der Waals surface area contributed by atoms with Crippen LogP contribution in [-0.2, 0) is 35.1 Å². The van der Waals surface area contributed by atoms with E-state index in [2.05, 4.69) is 20.6 Å². The number of primary amides is 1. The molecule has 2 aromatic heterocycles. The Balaban J connectivity index is 0.806. The predicted molar refractivity (Wildman–Crippen MR) is 267 cm³/mol. The Labute approximate surface area is 413 Å². The molecule has 372 valence electrons. The molecule has 0 bridgehead atoms. The number of phenolic OH excluding ortho intramolecular Hbond substituents is 1. The smallest absolute Gasteiger partial charge is 0.314 e. The number of urea groups is 1. The van der Waals surface area contributed by atoms with E-state index in [4.69, 9.17) is 46.0 Å². The molecule has 18 nitrogen and oxygen atoms in total. The van der Waals surface area contributed by atoms with Gasteiger partial charge in [-0.05, 0) is 53.1 Å². The number of ether oxygens (including phenoxy) is 5. The number of aryl methyl sites for hydroxylation is 1. The fourth-order valence-electron chi connectivity index (χ4n) is 7.86. The number of hydrogen-bond donors (Lipinski definition) is 4. The van der Waals surface area contributed by atoms with Crippen LogP contribution in [0.3, 0.4) is 0 Å². The summed E-state index contributed by atoms with van der Waals surface area (Å²) in [6, 6.07) is 17.4. The number of thiazole rings is 1. The molecule has 0 radical (unpaired) electrons. The first-order chi connectivity index (χ1) is 34.0. The van der Waals surface area contributed by atoms with E-state index in [-0.39, 0.29) is 46.7 Å². The number of hydrogen-bond acceptors (Lipinski definition) is 15. The van der Waals surface area contributed by atoms with Crippen molar-refractivity contribution < 1.29 is 47.6 Å². The van der Waals surface area contributed by atoms with E-state index in [9.17, 15) is 19.5 Å². The zero-order valence-corrected chi connectivity index (χ0v) is 40.7. The maximum atomic E-state index is 16.9. The van der Waals surface area contributed by atoms with Crippen LogP contribution >= 0.6 is 22.9 Å². The summed E-state index contributed by atoms with van der Waals surface area (Å²) in [5.74, 6) is 0.304. The third kappa shape index (κ3) is 13.5. The van der Waals surface area contributed by atoms with Crippen LogP contribution in [0.4, 0.5) is 21.0 Å². The number of aromatic nitrogens is 3. The standard InChI is InChI=1S/C49H57ClFN9O9S/c1-32-46(70-31-55-32)34-7-8-35(29-53-30-61)41(26-34)69-24-23-68-22-21-67-20-19-66-18-17-65-16-15-58(2)42(63)9-10-54-49-56-45-39(47(57-49)59-11-13-60(14-12-59)48(52)64)28-40(50)43(44(45)51)38-27-36(62)25-33-5-3-4-6-37(33)38/h3-8,25-28,30-31,62H,9-24,29H2,1-2H3,(H2,52,64)(H,53,61)(H,54,56,57). The van der Waals surface area contributed by atoms with E-state index in [1.807, 2.05) is 59.8 Å². The van der Waals surface area contributed by atoms with Gasteiger partial charge in [-0.15, -0.1) is 11.3 Å². The number of carbonyl (C=O) groups is 3. The van der Waals surface area contributed by atoms with E-state index in [0.717, 1.165) is 21.7 Å². The van der Waals surface area contributed by atoms with Gasteiger partial charge in [-0.2, -0.15) is 4.98 Å². The molecule has 1 aliphatic heterocycles. The van der Waals surface area contributed by atoms with Crippen LogP contribution in [0.2, 0.25) is 5.02 Å². The molecule has 0 spiro atoms. The highest BCUT2D eigenvalue weighted by Crippen LogP contribution is 2.42. The predicted octanol–water partition coefficient (Wildman–Crippen LogP) is 6.23. The molecule has 70 heavy (non-hydrogen) atoms. The topological polar surface area (TPSA) is 216 Å². The highest BCUT2D eigenvalue weighted by molar-refractivity contribution is 7.13. The van der Waals surface area contributed by atoms with E-state index in [1.54, 1.807) is 35.4 Å². The van der Waals surface area contributed by atoms with Crippen molar-refractivity contribution in [3.05, 3.63) is 88.3 Å². The molecule has 4 amide bonds. The Morgan fingerprint density at radius 3 is 2.30 bits per heavy atom. The molecule has 7 rings (SSSR count). The summed E-state index contributed by atoms with van der Waals surface area (Å²) >= 11 is 8.41. The molecule has 3 heterocycles. The first-order valence-electron chi connectivity index (χ1n) is 22.9. The number of nitrogens with two attached hydrogens (primary N) is 1. The lowest BCUT2D eigenvalue weighted by molar-refractivity contribution is -0.130. The number of phenols is 1. The van der Waals surface area contributed by atoms with Gasteiger partial charge in [-0.1, -0.05) is 48.0 Å². The third-order valence-corrected chi connectivity index (χ3v) is 12.8. The van der Waals surface area contributed by atoms with Crippen LogP contribution in [0.15, 0.2) is 66.2 Å². The number of aromatic hydroxyl groups is 1. The number of benzene rings is 4. The van der Waals surface area contributed by atoms with Crippen molar-refractivity contribution in [3.8, 4) is 33.1 Å². The monoisotopic (exact) mass is 1000 g/mol. The molecule has 5 N–H and O–H groups in total. The quantitative estimate of drug-likeness (QED) is 0.0350. The lowest BCUT2D eigenvalue weighted by Crippen LogP contribution is -2.50. The molecule has 0 saturated carbocycles. The van der Waals surface area contributed by atoms with E-state index in [1.165, 1.54) is 11.0 Å². The van der Waals surface area contributed by atoms with Crippen molar-refractivity contribution in [1.29, 1.82) is 0 Å². The zero-order valence-electron chi connectivity index (χ0n) is 39.1. The Morgan fingerprint density at radius 1 is 0.914 bits per heavy atom. The molecule has 0 aliphatic carbocycles. The molecular weight excluding hydrogens is 945 g/mol. The average Bonchev–Trinajstić information content (AvgIpc) is 3.79. The second-order valence-electron chi connectivity index (χ2n) is 16.2. The summed E-state index contributed by atoms with van der Waals surface area (Å²) in [5, 5.41) is 18.2. The van der Waals surface area contributed by atoms with Gasteiger partial charge in [0.25, 0.3) is 0 Å². The summed E-state index contributed by atoms with van der Waals surface area (Å²) in [6.07, 6.45) is 0.756. The van der Waals surface area contributed by atoms with Gasteiger partial charge in [0.1, 0.15) is 29.4 Å². The lowest BCUT2D eigenvalue weighted by atomic mass is 9.96. The van der Waals surface area contributed by atoms with Gasteiger partial charge in [0.15, 0.2) is 5.82 Å². The van der Waals surface area contributed by atoms with Crippen LogP contribution in [0.1, 0.15) is 17.7 Å². The number of anilines is 2. The molecule has 1 fully saturated rings. The van der Waals surface area contributed by atoms with Crippen LogP contribution in [0.25, 0.3) is 43.2 Å². The van der Waals surface area contributed by atoms with E-state index < -0.39 is 11.8 Å². The number of piperazine rings is 1. The van der Waals surface area contributed by atoms with Gasteiger partial charge in [-0.25, -0.2) is 19.2 Å². The van der Waals surface area contributed by atoms with Crippen molar-refractivity contribution in [2.75, 3.05) is 116 Å². The van der Waals surface area contributed by atoms with Crippen molar-refractivity contribution in [3.63, 3.8) is 0 Å². The van der Waals surface area contributed by atoms with Crippen molar-refractivity contribution in [1.82, 2.24) is 30.1 Å². The van der Waals surface area contributed by atoms with Crippen molar-refractivity contribution >= 4 is 74.7 Å². The van der Waals surface area contributed by atoms with Gasteiger partial charge in [0, 0.05) is 75.8 Å². The molecule has 1 aliphatic rings. The molecule has 4 aromatic carbocycles. The second kappa shape index (κ2) is 25.4. The van der Waals surface area contributed by atoms with Crippen LogP contribution in [0, 0.1) is 12.7 Å². The van der Waals surface area contributed by atoms with Crippen LogP contribution < -0.4 is 26.0 Å². The fraction of sp³-hybridized carbons (Fsp3) is 0.388. The summed E-state index contributed by atoms with van der Waals surface area (Å²) in [7, 11) is 1.69. The Kier molecular flexibility index (Phi) is 18.7. The number of carbonyl (C=O) groups excluding carboxylic acids is 3. The molecule has 0 unspecified atom stereocenters. The number of likely N-dealkylation sites (N-methyl/N-ethyl adjacent to an activating group) is 1. The molecule has 21 heteroatoms. The number of fused-ring (bicyclic) bond motifs is 2. The highest BCUT2D eigenvalue weighted by Gasteiger charge is 2.26. The molecule has 6 aromatic rings. The van der Waals surface area contributed by atoms with Crippen LogP contribution in [-0.4, -0.2) is 154 Å². The largest absolute Gasteiger partial charge is 0.508 e. The number of halogens is 2. The summed E-state index contributed by atoms with van der Waals surface area (Å²) < 4.78 is 45.5. The summed E-state index contributed by atoms with van der Waals surface area (Å²) in [6.45, 7) is 7.55. The number of nitrogens with one attached hydrogen (secondary N) is 2. The van der Waals surface area contributed by atoms with Gasteiger partial charge in [0.05, 0.1) is 74.0 Å². The number of amides is 4. The number of nitrogens with zero attached hydrogens (tertiary/aromatic N) is 6. The molecule has 1 saturated heterocycles. The second-order valence-corrected chi connectivity index (χ2v) is 17.5. The minimum absolute atomic E-state index is 0.0000217. The maximum Gasteiger partial charge on any atom is 0.314 e. The Morgan fingerprint density at radius 2 is 1.61 bits per heavy atom. The van der Waals surface area contributed by atoms with Gasteiger partial charge in [0.2, 0.25) is 18.3 Å². The maximum absolute atomic E-state index is 16.9. The van der Waals surface area contributed by atoms with Gasteiger partial charge >= 0.3 is 6.03 Å². The fourth-order valence-corrected chi connectivity index (χ4v) is 8.96. The minimum Gasteiger partial charge on any atom is -0.508 e. The molecular formula is C49H57ClFN9O9S. The Bertz CT molecular complexity index is 2740. The zero-order chi connectivity index (χ0) is 49.4. The average molecular weight is 1000 g/mol. The highest BCUT2D eigenvalue weighted by atomic mass is 35.5. The number of rotatable bonds is 26. The first-order valence-corrected chi connectivity index (χ1v) is 24.1. The van der Waals surface area contributed by atoms with Crippen LogP contribution in [0.5, 0.6) is 11.5 Å². The van der Waals surface area contributed by atoms with Gasteiger partial charge < -0.3 is 59.9 Å². The van der Waals surface area contributed by atoms with Gasteiger partial charge in [-0.3, -0.25) is 9.59 Å². The normalized spacial score (nSPS) is 12.7. The lowest BCUT2D eigenvalue weighted by Gasteiger charge is -2.35. The van der Waals surface area contributed by atoms with E-state index >= 15 is 4.39 Å².